The smallest absolute Gasteiger partial charge is 0.330 e. The molecule has 6 aliphatic heterocycles. The van der Waals surface area contributed by atoms with E-state index in [2.05, 4.69) is 50.4 Å². The first kappa shape index (κ1) is 123. The largest absolute Gasteiger partial charge is 0.481 e. The van der Waals surface area contributed by atoms with Gasteiger partial charge < -0.3 is 93.3 Å². The third-order valence-electron chi connectivity index (χ3n) is 24.6. The van der Waals surface area contributed by atoms with Crippen LogP contribution in [0.5, 0.6) is 0 Å². The number of likely N-dealkylation sites (tertiary alicyclic amines) is 3. The number of hydrogen-bond acceptors (Lipinski definition) is 32. The fraction of sp³-hybridized carbons (Fsp3) is 0.607. The Kier molecular flexibility index (Phi) is 51.6. The minimum Gasteiger partial charge on any atom is -0.481 e. The molecular weight excluding hydrogens is 1910 g/mol. The molecule has 812 valence electrons. The Morgan fingerprint density at radius 1 is 0.388 bits per heavy atom. The quantitative estimate of drug-likeness (QED) is 0.0132. The monoisotopic (exact) mass is 2060 g/mol. The second-order valence-corrected chi connectivity index (χ2v) is 40.7. The topological polar surface area (TPSA) is 516 Å². The Labute approximate surface area is 861 Å². The van der Waals surface area contributed by atoms with Crippen molar-refractivity contribution in [2.24, 2.45) is 16.2 Å². The first-order valence-corrected chi connectivity index (χ1v) is 50.4. The number of Topliss-reactive ketones (excluding diaryl/α,β-unsaturated/α-hetero) is 3. The SMILES string of the molecule is C=CC(=O)OCC(C)(C)C(=O)C(=O)N1CCCC[C@H]1C(=O)O.C=CC(=O)OCC(C)(C)C(=O)C(=O)N1CCCC[C@H]1C(=O)O[C@H](CCCN1CCOCC1)c1cccc(NC(=O)CCC(=O)O)c1.C=CC(=O)OCC(C)(C)C(=O)C(=O)N1CCCC[C@H]1C(=O)O[C@H](CCCN1CCOCC1)c1cccc(NC(=O)CCC(=O)OC(C)(C)C)c1.CC(C)(C)OC(=O)CCC(=O)Nc1cccc([C@H](O)CCCN2CCOCC2)c1. The van der Waals surface area contributed by atoms with Crippen molar-refractivity contribution in [2.45, 2.75) is 266 Å². The van der Waals surface area contributed by atoms with Gasteiger partial charge in [0.25, 0.3) is 17.7 Å². The maximum Gasteiger partial charge on any atom is 0.330 e. The second kappa shape index (κ2) is 61.4. The predicted octanol–water partition coefficient (Wildman–Crippen LogP) is 10.7. The van der Waals surface area contributed by atoms with Crippen LogP contribution in [0.3, 0.4) is 0 Å². The maximum atomic E-state index is 13.9. The molecule has 6 atom stereocenters. The number of morpholine rings is 3. The van der Waals surface area contributed by atoms with Gasteiger partial charge in [-0.1, -0.05) is 56.1 Å². The second-order valence-electron chi connectivity index (χ2n) is 40.7. The van der Waals surface area contributed by atoms with Crippen LogP contribution in [0.1, 0.15) is 253 Å². The highest BCUT2D eigenvalue weighted by atomic mass is 16.6. The molecule has 0 bridgehead atoms. The number of carboxylic acids is 2. The summed E-state index contributed by atoms with van der Waals surface area (Å²) in [7, 11) is 0. The fourth-order valence-corrected chi connectivity index (χ4v) is 16.4. The zero-order chi connectivity index (χ0) is 109. The molecule has 40 nitrogen and oxygen atoms in total. The molecule has 0 spiro atoms. The summed E-state index contributed by atoms with van der Waals surface area (Å²) in [6.45, 7) is 41.1. The van der Waals surface area contributed by atoms with Crippen LogP contribution in [-0.4, -0.2) is 319 Å². The lowest BCUT2D eigenvalue weighted by atomic mass is 9.87. The predicted molar refractivity (Wildman–Crippen MR) is 540 cm³/mol. The highest BCUT2D eigenvalue weighted by Crippen LogP contribution is 2.35. The van der Waals surface area contributed by atoms with Crippen LogP contribution < -0.4 is 16.0 Å². The van der Waals surface area contributed by atoms with Gasteiger partial charge in [0, 0.05) is 113 Å². The van der Waals surface area contributed by atoms with Gasteiger partial charge in [-0.05, 0) is 252 Å². The summed E-state index contributed by atoms with van der Waals surface area (Å²) < 4.78 is 53.9. The van der Waals surface area contributed by atoms with Crippen LogP contribution in [0.2, 0.25) is 0 Å². The molecule has 3 aromatic carbocycles. The molecule has 0 unspecified atom stereocenters. The lowest BCUT2D eigenvalue weighted by Crippen LogP contribution is -2.53. The van der Waals surface area contributed by atoms with Crippen molar-refractivity contribution < 1.29 is 149 Å². The van der Waals surface area contributed by atoms with Crippen LogP contribution >= 0.6 is 0 Å². The summed E-state index contributed by atoms with van der Waals surface area (Å²) in [5, 5.41) is 36.8. The average molecular weight is 2060 g/mol. The van der Waals surface area contributed by atoms with Gasteiger partial charge in [0.1, 0.15) is 61.4 Å². The normalized spacial score (nSPS) is 17.5. The lowest BCUT2D eigenvalue weighted by molar-refractivity contribution is -0.166. The Hall–Kier alpha value is -12.3. The molecule has 9 rings (SSSR count). The number of anilines is 3. The lowest BCUT2D eigenvalue weighted by Gasteiger charge is -2.36. The summed E-state index contributed by atoms with van der Waals surface area (Å²) in [6, 6.07) is 18.1. The number of aliphatic carboxylic acids is 2. The average Bonchev–Trinajstić information content (AvgIpc) is 0.806. The molecule has 6 aliphatic rings. The molecule has 3 aromatic rings. The van der Waals surface area contributed by atoms with E-state index < -0.39 is 159 Å². The summed E-state index contributed by atoms with van der Waals surface area (Å²) in [5.74, 6) is -12.3. The zero-order valence-corrected chi connectivity index (χ0v) is 87.4. The van der Waals surface area contributed by atoms with Gasteiger partial charge in [-0.15, -0.1) is 0 Å². The van der Waals surface area contributed by atoms with Crippen LogP contribution in [-0.2, 0) is 134 Å². The molecule has 6 heterocycles. The number of hydrogen-bond donors (Lipinski definition) is 6. The van der Waals surface area contributed by atoms with Crippen molar-refractivity contribution in [2.75, 3.05) is 154 Å². The Morgan fingerprint density at radius 2 is 0.680 bits per heavy atom. The number of amides is 6. The molecular formula is C107H153N9O31. The first-order valence-electron chi connectivity index (χ1n) is 50.4. The van der Waals surface area contributed by atoms with E-state index in [-0.39, 0.29) is 89.8 Å². The molecule has 6 fully saturated rings. The first-order chi connectivity index (χ1) is 69.4. The third kappa shape index (κ3) is 44.7. The van der Waals surface area contributed by atoms with E-state index in [4.69, 9.17) is 57.6 Å². The molecule has 6 saturated heterocycles. The van der Waals surface area contributed by atoms with Gasteiger partial charge in [0.05, 0.1) is 81.3 Å². The maximum absolute atomic E-state index is 13.9. The van der Waals surface area contributed by atoms with Crippen molar-refractivity contribution in [3.05, 3.63) is 127 Å². The van der Waals surface area contributed by atoms with E-state index in [1.54, 1.807) is 96.1 Å². The van der Waals surface area contributed by atoms with E-state index in [9.17, 15) is 91.4 Å². The molecule has 6 N–H and O–H groups in total. The number of esters is 7. The molecule has 0 radical (unpaired) electrons. The number of aliphatic hydroxyl groups excluding tert-OH is 1. The molecule has 40 heteroatoms. The number of carbonyl (C=O) groups excluding carboxylic acids is 16. The Bertz CT molecular complexity index is 4980. The minimum absolute atomic E-state index is 0.0347. The summed E-state index contributed by atoms with van der Waals surface area (Å²) >= 11 is 0. The Morgan fingerprint density at radius 3 is 0.986 bits per heavy atom. The molecule has 0 aromatic heterocycles. The number of ether oxygens (including phenoxy) is 10. The van der Waals surface area contributed by atoms with Crippen LogP contribution in [0, 0.1) is 16.2 Å². The van der Waals surface area contributed by atoms with E-state index in [1.165, 1.54) is 51.3 Å². The number of carboxylic acid groups (broad SMARTS) is 2. The number of piperidine rings is 3. The van der Waals surface area contributed by atoms with Crippen molar-refractivity contribution in [3.63, 3.8) is 0 Å². The van der Waals surface area contributed by atoms with Gasteiger partial charge in [0.15, 0.2) is 0 Å². The van der Waals surface area contributed by atoms with Gasteiger partial charge in [-0.2, -0.15) is 0 Å². The van der Waals surface area contributed by atoms with E-state index >= 15 is 0 Å². The summed E-state index contributed by atoms with van der Waals surface area (Å²) in [4.78, 5) is 233. The fourth-order valence-electron chi connectivity index (χ4n) is 16.4. The molecule has 0 saturated carbocycles. The molecule has 0 aliphatic carbocycles. The van der Waals surface area contributed by atoms with E-state index in [0.717, 1.165) is 107 Å². The van der Waals surface area contributed by atoms with Gasteiger partial charge in [-0.25, -0.2) is 28.8 Å². The number of carbonyl (C=O) groups is 18. The van der Waals surface area contributed by atoms with Crippen molar-refractivity contribution in [3.8, 4) is 0 Å². The van der Waals surface area contributed by atoms with Crippen LogP contribution in [0.15, 0.2) is 111 Å². The van der Waals surface area contributed by atoms with Crippen molar-refractivity contribution in [1.82, 2.24) is 29.4 Å². The molecule has 147 heavy (non-hydrogen) atoms. The Balaban J connectivity index is 0.000000313. The highest BCUT2D eigenvalue weighted by Gasteiger charge is 2.47. The number of ketones is 3. The summed E-state index contributed by atoms with van der Waals surface area (Å²) in [5.41, 5.74) is -1.49. The van der Waals surface area contributed by atoms with Crippen LogP contribution in [0.4, 0.5) is 17.1 Å². The number of nitrogens with one attached hydrogen (secondary N) is 3. The molecule has 6 amide bonds. The van der Waals surface area contributed by atoms with Gasteiger partial charge in [-0.3, -0.25) is 72.2 Å². The summed E-state index contributed by atoms with van der Waals surface area (Å²) in [6.07, 6.45) is 9.20. The van der Waals surface area contributed by atoms with E-state index in [0.29, 0.717) is 145 Å². The van der Waals surface area contributed by atoms with E-state index in [1.807, 2.05) is 18.2 Å². The zero-order valence-electron chi connectivity index (χ0n) is 87.4. The van der Waals surface area contributed by atoms with Crippen molar-refractivity contribution in [1.29, 1.82) is 0 Å². The highest BCUT2D eigenvalue weighted by molar-refractivity contribution is 6.39. The standard InChI is InChI=1S/C37H53N3O10.C33H45N3O10.C22H34N2O5.C15H21NO6/c1-7-31(42)48-25-37(5,6)33(44)34(45)40-19-9-8-14-28(40)35(46)49-29(15-11-18-39-20-22-47-23-21-39)26-12-10-13-27(24-26)38-30(41)16-17-32(43)50-36(2,3)4;1-4-29(40)45-22-33(2,3)30(41)31(42)36-16-6-5-11-25(36)32(43)46-26(12-8-15-35-17-19-44-20-18-35)23-9-7-10-24(21-23)34-27(37)13-14-28(38)39;1-22(2,3)29-21(27)10-9-20(26)23-18-7-4-6-17(16-18)19(25)8-5-11-24-12-14-28-15-13-24;1-4-11(17)22-9-15(2,3)12(18)13(19)16-8-6-5-7-10(16)14(20)21/h7,10,12-13,24,28-29H,1,8-9,11,14-23,25H2,2-6H3,(H,38,41);4,7,9-10,21,25-26H,1,5-6,8,11-20,22H2,2-3H3,(H,34,37)(H,38,39);4,6-7,16,19,25H,5,8-15H2,1-3H3,(H,23,26);4,10H,1,5-9H2,2-3H3,(H,20,21)/t28-,29+;25-,26+;19-;10-/m0010/s1. The van der Waals surface area contributed by atoms with Gasteiger partial charge >= 0.3 is 53.7 Å². The minimum atomic E-state index is -1.32. The number of rotatable bonds is 47. The number of nitrogens with zero attached hydrogens (tertiary/aromatic N) is 6. The number of benzene rings is 3. The van der Waals surface area contributed by atoms with Crippen LogP contribution in [0.25, 0.3) is 0 Å². The van der Waals surface area contributed by atoms with Crippen molar-refractivity contribution >= 4 is 124 Å². The number of aliphatic hydroxyl groups is 1. The third-order valence-corrected chi connectivity index (χ3v) is 24.6. The van der Waals surface area contributed by atoms with Gasteiger partial charge in [0.2, 0.25) is 35.1 Å².